The first-order valence-electron chi connectivity index (χ1n) is 8.66. The lowest BCUT2D eigenvalue weighted by Crippen LogP contribution is -2.43. The molecule has 2 heterocycles. The number of likely N-dealkylation sites (tertiary alicyclic amines) is 1. The molecule has 1 aromatic heterocycles. The van der Waals surface area contributed by atoms with E-state index in [4.69, 9.17) is 5.73 Å². The summed E-state index contributed by atoms with van der Waals surface area (Å²) in [6.45, 7) is 4.66. The molecule has 1 aliphatic heterocycles. The van der Waals surface area contributed by atoms with Crippen LogP contribution in [-0.2, 0) is 4.79 Å². The Balaban J connectivity index is 1.79. The van der Waals surface area contributed by atoms with Gasteiger partial charge in [-0.3, -0.25) is 19.1 Å². The predicted molar refractivity (Wildman–Crippen MR) is 98.8 cm³/mol. The number of hydrogen-bond donors (Lipinski definition) is 2. The number of hydrogen-bond acceptors (Lipinski definition) is 4. The molecule has 3 N–H and O–H groups in total. The maximum absolute atomic E-state index is 14.5. The van der Waals surface area contributed by atoms with E-state index in [0.29, 0.717) is 18.7 Å². The molecule has 1 aliphatic rings. The second-order valence-electron chi connectivity index (χ2n) is 6.86. The molecule has 0 spiro atoms. The van der Waals surface area contributed by atoms with E-state index in [1.165, 1.54) is 22.8 Å². The molecule has 138 valence electrons. The smallest absolute Gasteiger partial charge is 0.255 e. The van der Waals surface area contributed by atoms with Crippen LogP contribution in [0.4, 0.5) is 10.1 Å². The van der Waals surface area contributed by atoms with Crippen LogP contribution in [0.5, 0.6) is 0 Å². The van der Waals surface area contributed by atoms with Gasteiger partial charge in [0.1, 0.15) is 5.82 Å². The standard InChI is InChI=1S/C19H23FN4O2/c1-12(2)24-11-13(21)9-17(24)19(26)22-16-7-6-14(10-15(16)20)23-8-4-3-5-18(23)25/h3-8,10,12-13,17H,9,11,21H2,1-2H3,(H,22,26)/t13-,17-/m0/s1. The number of nitrogens with zero attached hydrogens (tertiary/aromatic N) is 2. The van der Waals surface area contributed by atoms with Crippen molar-refractivity contribution in [2.75, 3.05) is 11.9 Å². The van der Waals surface area contributed by atoms with Crippen molar-refractivity contribution < 1.29 is 9.18 Å². The summed E-state index contributed by atoms with van der Waals surface area (Å²) < 4.78 is 15.8. The number of anilines is 1. The third-order valence-corrected chi connectivity index (χ3v) is 4.65. The number of pyridine rings is 1. The zero-order chi connectivity index (χ0) is 18.8. The minimum Gasteiger partial charge on any atom is -0.326 e. The highest BCUT2D eigenvalue weighted by atomic mass is 19.1. The minimum atomic E-state index is -0.593. The lowest BCUT2D eigenvalue weighted by Gasteiger charge is -2.27. The topological polar surface area (TPSA) is 80.4 Å². The van der Waals surface area contributed by atoms with Crippen LogP contribution in [0.25, 0.3) is 5.69 Å². The Kier molecular flexibility index (Phi) is 5.20. The van der Waals surface area contributed by atoms with Crippen molar-refractivity contribution in [3.05, 3.63) is 58.8 Å². The molecule has 1 saturated heterocycles. The number of amides is 1. The van der Waals surface area contributed by atoms with E-state index in [1.54, 1.807) is 24.4 Å². The van der Waals surface area contributed by atoms with Crippen molar-refractivity contribution in [3.8, 4) is 5.69 Å². The molecule has 7 heteroatoms. The van der Waals surface area contributed by atoms with Gasteiger partial charge >= 0.3 is 0 Å². The van der Waals surface area contributed by atoms with Gasteiger partial charge in [-0.2, -0.15) is 0 Å². The molecule has 0 unspecified atom stereocenters. The first-order valence-corrected chi connectivity index (χ1v) is 8.66. The number of nitrogens with one attached hydrogen (secondary N) is 1. The number of rotatable bonds is 4. The monoisotopic (exact) mass is 358 g/mol. The van der Waals surface area contributed by atoms with Crippen molar-refractivity contribution >= 4 is 11.6 Å². The van der Waals surface area contributed by atoms with Gasteiger partial charge in [0.25, 0.3) is 5.56 Å². The second kappa shape index (κ2) is 7.39. The molecule has 26 heavy (non-hydrogen) atoms. The van der Waals surface area contributed by atoms with E-state index < -0.39 is 5.82 Å². The van der Waals surface area contributed by atoms with Crippen LogP contribution in [0.2, 0.25) is 0 Å². The van der Waals surface area contributed by atoms with Gasteiger partial charge in [0.05, 0.1) is 17.4 Å². The molecule has 2 aromatic rings. The maximum Gasteiger partial charge on any atom is 0.255 e. The number of aromatic nitrogens is 1. The Morgan fingerprint density at radius 3 is 2.73 bits per heavy atom. The number of nitrogens with two attached hydrogens (primary N) is 1. The normalized spacial score (nSPS) is 20.5. The average molecular weight is 358 g/mol. The second-order valence-corrected chi connectivity index (χ2v) is 6.86. The van der Waals surface area contributed by atoms with Crippen LogP contribution in [-0.4, -0.2) is 40.0 Å². The lowest BCUT2D eigenvalue weighted by molar-refractivity contribution is -0.120. The van der Waals surface area contributed by atoms with Crippen LogP contribution in [0.15, 0.2) is 47.4 Å². The summed E-state index contributed by atoms with van der Waals surface area (Å²) in [5.41, 5.74) is 6.22. The van der Waals surface area contributed by atoms with Crippen LogP contribution < -0.4 is 16.6 Å². The third kappa shape index (κ3) is 3.68. The number of halogens is 1. The van der Waals surface area contributed by atoms with E-state index in [-0.39, 0.29) is 35.3 Å². The van der Waals surface area contributed by atoms with Gasteiger partial charge in [-0.15, -0.1) is 0 Å². The first-order chi connectivity index (χ1) is 12.4. The summed E-state index contributed by atoms with van der Waals surface area (Å²) in [4.78, 5) is 26.5. The summed E-state index contributed by atoms with van der Waals surface area (Å²) in [5.74, 6) is -0.861. The molecule has 1 amide bonds. The van der Waals surface area contributed by atoms with Crippen molar-refractivity contribution in [2.45, 2.75) is 38.4 Å². The molecule has 2 atom stereocenters. The minimum absolute atomic E-state index is 0.0645. The average Bonchev–Trinajstić information content (AvgIpc) is 2.99. The molecular formula is C19H23FN4O2. The highest BCUT2D eigenvalue weighted by Crippen LogP contribution is 2.23. The molecule has 6 nitrogen and oxygen atoms in total. The number of benzene rings is 1. The van der Waals surface area contributed by atoms with Crippen molar-refractivity contribution in [2.24, 2.45) is 5.73 Å². The highest BCUT2D eigenvalue weighted by Gasteiger charge is 2.36. The fourth-order valence-electron chi connectivity index (χ4n) is 3.34. The molecule has 3 rings (SSSR count). The number of carbonyl (C=O) groups is 1. The Morgan fingerprint density at radius 1 is 1.31 bits per heavy atom. The fraction of sp³-hybridized carbons (Fsp3) is 0.368. The zero-order valence-electron chi connectivity index (χ0n) is 14.9. The molecule has 0 bridgehead atoms. The Bertz CT molecular complexity index is 865. The summed E-state index contributed by atoms with van der Waals surface area (Å²) in [6, 6.07) is 8.75. The van der Waals surface area contributed by atoms with Gasteiger partial charge in [0.15, 0.2) is 0 Å². The Labute approximate surface area is 151 Å². The molecular weight excluding hydrogens is 335 g/mol. The molecule has 0 saturated carbocycles. The first kappa shape index (κ1) is 18.3. The molecule has 1 aromatic carbocycles. The summed E-state index contributed by atoms with van der Waals surface area (Å²) in [7, 11) is 0. The molecule has 0 aliphatic carbocycles. The summed E-state index contributed by atoms with van der Waals surface area (Å²) >= 11 is 0. The molecule has 1 fully saturated rings. The van der Waals surface area contributed by atoms with Crippen LogP contribution in [0.3, 0.4) is 0 Å². The summed E-state index contributed by atoms with van der Waals surface area (Å²) in [6.07, 6.45) is 2.11. The zero-order valence-corrected chi connectivity index (χ0v) is 14.9. The Hall–Kier alpha value is -2.51. The molecule has 0 radical (unpaired) electrons. The highest BCUT2D eigenvalue weighted by molar-refractivity contribution is 5.95. The van der Waals surface area contributed by atoms with Crippen molar-refractivity contribution in [1.82, 2.24) is 9.47 Å². The van der Waals surface area contributed by atoms with Gasteiger partial charge in [-0.05, 0) is 38.5 Å². The van der Waals surface area contributed by atoms with E-state index in [0.717, 1.165) is 0 Å². The third-order valence-electron chi connectivity index (χ3n) is 4.65. The van der Waals surface area contributed by atoms with Crippen molar-refractivity contribution in [3.63, 3.8) is 0 Å². The van der Waals surface area contributed by atoms with Gasteiger partial charge in [-0.25, -0.2) is 4.39 Å². The SMILES string of the molecule is CC(C)N1C[C@@H](N)C[C@H]1C(=O)Nc1ccc(-n2ccccc2=O)cc1F. The lowest BCUT2D eigenvalue weighted by atomic mass is 10.1. The van der Waals surface area contributed by atoms with E-state index in [2.05, 4.69) is 5.32 Å². The number of carbonyl (C=O) groups excluding carboxylic acids is 1. The largest absolute Gasteiger partial charge is 0.326 e. The van der Waals surface area contributed by atoms with Crippen LogP contribution >= 0.6 is 0 Å². The Morgan fingerprint density at radius 2 is 2.08 bits per heavy atom. The van der Waals surface area contributed by atoms with Gasteiger partial charge in [-0.1, -0.05) is 6.07 Å². The van der Waals surface area contributed by atoms with E-state index >= 15 is 0 Å². The van der Waals surface area contributed by atoms with Crippen molar-refractivity contribution in [1.29, 1.82) is 0 Å². The van der Waals surface area contributed by atoms with Gasteiger partial charge in [0, 0.05) is 37.0 Å². The summed E-state index contributed by atoms with van der Waals surface area (Å²) in [5, 5.41) is 2.65. The quantitative estimate of drug-likeness (QED) is 0.872. The van der Waals surface area contributed by atoms with E-state index in [1.807, 2.05) is 18.7 Å². The maximum atomic E-state index is 14.5. The van der Waals surface area contributed by atoms with Gasteiger partial charge in [0.2, 0.25) is 5.91 Å². The van der Waals surface area contributed by atoms with Crippen LogP contribution in [0, 0.1) is 5.82 Å². The fourth-order valence-corrected chi connectivity index (χ4v) is 3.34. The van der Waals surface area contributed by atoms with Gasteiger partial charge < -0.3 is 11.1 Å². The van der Waals surface area contributed by atoms with Crippen LogP contribution in [0.1, 0.15) is 20.3 Å². The van der Waals surface area contributed by atoms with E-state index in [9.17, 15) is 14.0 Å². The predicted octanol–water partition coefficient (Wildman–Crippen LogP) is 1.73.